The van der Waals surface area contributed by atoms with Crippen molar-refractivity contribution in [2.45, 2.75) is 25.9 Å². The molecule has 0 aliphatic carbocycles. The SMILES string of the molecule is CCCCN(CC(F)(F)F)C(=O)c1cncc(Br)c1. The van der Waals surface area contributed by atoms with Gasteiger partial charge in [-0.1, -0.05) is 13.3 Å². The Morgan fingerprint density at radius 3 is 2.63 bits per heavy atom. The van der Waals surface area contributed by atoms with Crippen molar-refractivity contribution in [3.8, 4) is 0 Å². The third-order valence-electron chi connectivity index (χ3n) is 2.39. The highest BCUT2D eigenvalue weighted by molar-refractivity contribution is 9.10. The third kappa shape index (κ3) is 5.59. The predicted octanol–water partition coefficient (Wildman–Crippen LogP) is 3.65. The van der Waals surface area contributed by atoms with E-state index in [4.69, 9.17) is 0 Å². The fraction of sp³-hybridized carbons (Fsp3) is 0.500. The molecule has 1 aromatic heterocycles. The molecular formula is C12H14BrF3N2O. The molecule has 3 nitrogen and oxygen atoms in total. The number of nitrogens with zero attached hydrogens (tertiary/aromatic N) is 2. The molecule has 0 aliphatic heterocycles. The molecule has 106 valence electrons. The molecule has 0 spiro atoms. The Bertz CT molecular complexity index is 437. The number of unbranched alkanes of at least 4 members (excludes halogenated alkanes) is 1. The van der Waals surface area contributed by atoms with Crippen molar-refractivity contribution < 1.29 is 18.0 Å². The van der Waals surface area contributed by atoms with Gasteiger partial charge >= 0.3 is 6.18 Å². The molecular weight excluding hydrogens is 325 g/mol. The molecule has 0 radical (unpaired) electrons. The number of aromatic nitrogens is 1. The molecule has 19 heavy (non-hydrogen) atoms. The van der Waals surface area contributed by atoms with Gasteiger partial charge in [0, 0.05) is 23.4 Å². The first kappa shape index (κ1) is 15.9. The van der Waals surface area contributed by atoms with Crippen LogP contribution in [0.2, 0.25) is 0 Å². The van der Waals surface area contributed by atoms with Crippen LogP contribution in [0.15, 0.2) is 22.9 Å². The van der Waals surface area contributed by atoms with Crippen molar-refractivity contribution in [1.82, 2.24) is 9.88 Å². The molecule has 0 fully saturated rings. The molecule has 1 aromatic rings. The van der Waals surface area contributed by atoms with Gasteiger partial charge in [-0.15, -0.1) is 0 Å². The van der Waals surface area contributed by atoms with Crippen LogP contribution >= 0.6 is 15.9 Å². The smallest absolute Gasteiger partial charge is 0.329 e. The largest absolute Gasteiger partial charge is 0.406 e. The second-order valence-electron chi connectivity index (χ2n) is 4.09. The van der Waals surface area contributed by atoms with Gasteiger partial charge in [0.2, 0.25) is 0 Å². The normalized spacial score (nSPS) is 11.4. The average Bonchev–Trinajstić information content (AvgIpc) is 2.32. The highest BCUT2D eigenvalue weighted by Gasteiger charge is 2.33. The maximum atomic E-state index is 12.5. The van der Waals surface area contributed by atoms with Crippen molar-refractivity contribution >= 4 is 21.8 Å². The molecule has 1 heterocycles. The first-order chi connectivity index (χ1) is 8.83. The first-order valence-corrected chi connectivity index (χ1v) is 6.59. The van der Waals surface area contributed by atoms with E-state index in [-0.39, 0.29) is 12.1 Å². The number of hydrogen-bond donors (Lipinski definition) is 0. The maximum absolute atomic E-state index is 12.5. The molecule has 0 N–H and O–H groups in total. The minimum Gasteiger partial charge on any atom is -0.329 e. The zero-order valence-corrected chi connectivity index (χ0v) is 12.0. The quantitative estimate of drug-likeness (QED) is 0.821. The van der Waals surface area contributed by atoms with Crippen molar-refractivity contribution in [1.29, 1.82) is 0 Å². The lowest BCUT2D eigenvalue weighted by atomic mass is 10.2. The van der Waals surface area contributed by atoms with E-state index in [2.05, 4.69) is 20.9 Å². The lowest BCUT2D eigenvalue weighted by Gasteiger charge is -2.23. The molecule has 0 aliphatic rings. The summed E-state index contributed by atoms with van der Waals surface area (Å²) < 4.78 is 38.0. The highest BCUT2D eigenvalue weighted by atomic mass is 79.9. The van der Waals surface area contributed by atoms with Crippen LogP contribution in [0.4, 0.5) is 13.2 Å². The molecule has 0 bridgehead atoms. The fourth-order valence-electron chi connectivity index (χ4n) is 1.53. The Morgan fingerprint density at radius 1 is 1.42 bits per heavy atom. The summed E-state index contributed by atoms with van der Waals surface area (Å²) in [5.74, 6) is -0.653. The number of amides is 1. The van der Waals surface area contributed by atoms with Gasteiger partial charge in [-0.2, -0.15) is 13.2 Å². The summed E-state index contributed by atoms with van der Waals surface area (Å²) in [7, 11) is 0. The fourth-order valence-corrected chi connectivity index (χ4v) is 1.89. The molecule has 0 aromatic carbocycles. The molecule has 1 amide bonds. The number of carbonyl (C=O) groups excluding carboxylic acids is 1. The zero-order chi connectivity index (χ0) is 14.5. The van der Waals surface area contributed by atoms with E-state index in [1.54, 1.807) is 0 Å². The van der Waals surface area contributed by atoms with E-state index >= 15 is 0 Å². The molecule has 0 atom stereocenters. The summed E-state index contributed by atoms with van der Waals surface area (Å²) in [6.07, 6.45) is -0.413. The number of carbonyl (C=O) groups is 1. The van der Waals surface area contributed by atoms with Gasteiger partial charge in [0.05, 0.1) is 5.56 Å². The van der Waals surface area contributed by atoms with Crippen molar-refractivity contribution in [3.05, 3.63) is 28.5 Å². The Labute approximate surface area is 117 Å². The van der Waals surface area contributed by atoms with Gasteiger partial charge in [-0.3, -0.25) is 9.78 Å². The molecule has 0 saturated heterocycles. The Morgan fingerprint density at radius 2 is 2.11 bits per heavy atom. The summed E-state index contributed by atoms with van der Waals surface area (Å²) in [5.41, 5.74) is 0.148. The number of rotatable bonds is 5. The van der Waals surface area contributed by atoms with E-state index < -0.39 is 18.6 Å². The average molecular weight is 339 g/mol. The summed E-state index contributed by atoms with van der Waals surface area (Å²) >= 11 is 3.14. The predicted molar refractivity (Wildman–Crippen MR) is 68.8 cm³/mol. The minimum atomic E-state index is -4.40. The standard InChI is InChI=1S/C12H14BrF3N2O/c1-2-3-4-18(8-12(14,15)16)11(19)9-5-10(13)7-17-6-9/h5-7H,2-4,8H2,1H3. The summed E-state index contributed by atoms with van der Waals surface area (Å²) in [5, 5.41) is 0. The van der Waals surface area contributed by atoms with Gasteiger partial charge in [0.15, 0.2) is 0 Å². The van der Waals surface area contributed by atoms with Crippen LogP contribution in [0.25, 0.3) is 0 Å². The Kier molecular flexibility index (Phi) is 5.78. The second-order valence-corrected chi connectivity index (χ2v) is 5.00. The van der Waals surface area contributed by atoms with Crippen LogP contribution in [-0.2, 0) is 0 Å². The Hall–Kier alpha value is -1.11. The lowest BCUT2D eigenvalue weighted by Crippen LogP contribution is -2.39. The number of pyridine rings is 1. The van der Waals surface area contributed by atoms with Crippen molar-refractivity contribution in [2.75, 3.05) is 13.1 Å². The zero-order valence-electron chi connectivity index (χ0n) is 10.4. The van der Waals surface area contributed by atoms with E-state index in [0.717, 1.165) is 11.3 Å². The van der Waals surface area contributed by atoms with Crippen LogP contribution in [0.1, 0.15) is 30.1 Å². The molecule has 7 heteroatoms. The number of alkyl halides is 3. The van der Waals surface area contributed by atoms with Crippen LogP contribution in [0.5, 0.6) is 0 Å². The van der Waals surface area contributed by atoms with Crippen molar-refractivity contribution in [2.24, 2.45) is 0 Å². The van der Waals surface area contributed by atoms with E-state index in [0.29, 0.717) is 10.9 Å². The topological polar surface area (TPSA) is 33.2 Å². The minimum absolute atomic E-state index is 0.0847. The van der Waals surface area contributed by atoms with Crippen LogP contribution in [0.3, 0.4) is 0 Å². The lowest BCUT2D eigenvalue weighted by molar-refractivity contribution is -0.140. The summed E-state index contributed by atoms with van der Waals surface area (Å²) in [6.45, 7) is 0.705. The second kappa shape index (κ2) is 6.88. The summed E-state index contributed by atoms with van der Waals surface area (Å²) in [4.78, 5) is 16.6. The van der Waals surface area contributed by atoms with E-state index in [9.17, 15) is 18.0 Å². The molecule has 1 rings (SSSR count). The maximum Gasteiger partial charge on any atom is 0.406 e. The number of hydrogen-bond acceptors (Lipinski definition) is 2. The first-order valence-electron chi connectivity index (χ1n) is 5.80. The van der Waals surface area contributed by atoms with Gasteiger partial charge in [0.1, 0.15) is 6.54 Å². The van der Waals surface area contributed by atoms with Gasteiger partial charge in [-0.25, -0.2) is 0 Å². The summed E-state index contributed by atoms with van der Waals surface area (Å²) in [6, 6.07) is 1.46. The molecule has 0 unspecified atom stereocenters. The molecule has 0 saturated carbocycles. The van der Waals surface area contributed by atoms with Gasteiger partial charge in [0.25, 0.3) is 5.91 Å². The van der Waals surface area contributed by atoms with Crippen LogP contribution < -0.4 is 0 Å². The van der Waals surface area contributed by atoms with Gasteiger partial charge in [-0.05, 0) is 28.4 Å². The highest BCUT2D eigenvalue weighted by Crippen LogP contribution is 2.19. The Balaban J connectivity index is 2.87. The third-order valence-corrected chi connectivity index (χ3v) is 2.82. The monoisotopic (exact) mass is 338 g/mol. The number of halogens is 4. The van der Waals surface area contributed by atoms with E-state index in [1.807, 2.05) is 6.92 Å². The van der Waals surface area contributed by atoms with E-state index in [1.165, 1.54) is 18.5 Å². The van der Waals surface area contributed by atoms with Crippen molar-refractivity contribution in [3.63, 3.8) is 0 Å². The van der Waals surface area contributed by atoms with Gasteiger partial charge < -0.3 is 4.90 Å². The van der Waals surface area contributed by atoms with Crippen LogP contribution in [-0.4, -0.2) is 35.1 Å². The van der Waals surface area contributed by atoms with Crippen LogP contribution in [0, 0.1) is 0 Å².